The molecule has 0 unspecified atom stereocenters. The molecule has 0 N–H and O–H groups in total. The van der Waals surface area contributed by atoms with Gasteiger partial charge in [0.05, 0.1) is 68.3 Å². The number of rotatable bonds is 12. The minimum absolute atomic E-state index is 0.448. The second kappa shape index (κ2) is 24.6. The fourth-order valence-electron chi connectivity index (χ4n) is 13.8. The zero-order valence-corrected chi connectivity index (χ0v) is 52.8. The van der Waals surface area contributed by atoms with Crippen molar-refractivity contribution in [3.05, 3.63) is 344 Å². The average molecular weight is 1250 g/mol. The van der Waals surface area contributed by atoms with Gasteiger partial charge in [0.2, 0.25) is 0 Å². The van der Waals surface area contributed by atoms with Gasteiger partial charge in [0.1, 0.15) is 0 Å². The lowest BCUT2D eigenvalue weighted by atomic mass is 9.98. The van der Waals surface area contributed by atoms with Crippen molar-refractivity contribution in [1.82, 2.24) is 24.1 Å². The number of hydrogen-bond donors (Lipinski definition) is 0. The molecule has 0 bridgehead atoms. The smallest absolute Gasteiger partial charge is 0.164 e. The third-order valence-corrected chi connectivity index (χ3v) is 18.7. The number of aromatic nitrogens is 5. The van der Waals surface area contributed by atoms with E-state index >= 15 is 0 Å². The van der Waals surface area contributed by atoms with Crippen LogP contribution in [0.25, 0.3) is 167 Å². The normalized spacial score (nSPS) is 11.2. The molecule has 0 aliphatic heterocycles. The Bertz CT molecular complexity index is 5590. The average Bonchev–Trinajstić information content (AvgIpc) is 1.57. The molecule has 0 fully saturated rings. The third-order valence-electron chi connectivity index (χ3n) is 18.7. The van der Waals surface area contributed by atoms with Crippen molar-refractivity contribution in [2.24, 2.45) is 0 Å². The van der Waals surface area contributed by atoms with Crippen molar-refractivity contribution in [2.45, 2.75) is 0 Å². The van der Waals surface area contributed by atoms with Gasteiger partial charge in [0.25, 0.3) is 0 Å². The summed E-state index contributed by atoms with van der Waals surface area (Å²) in [7, 11) is 0. The molecule has 17 rings (SSSR count). The van der Waals surface area contributed by atoms with Gasteiger partial charge in [-0.25, -0.2) is 15.0 Å². The number of benzene rings is 14. The first-order chi connectivity index (χ1) is 48.4. The molecule has 0 aliphatic rings. The molecular formula is C90H54N8. The first kappa shape index (κ1) is 58.0. The van der Waals surface area contributed by atoms with Crippen LogP contribution < -0.4 is 0 Å². The van der Waals surface area contributed by atoms with Crippen LogP contribution in [0.15, 0.2) is 328 Å². The SMILES string of the molecule is N#Cc1ccc(-c2ccc(-c3nc(-c4ccc(-c5cccc(C#N)c5)c(-n5c6ccc(-c7ccccc7)cc6c6cc(-c7ccccc7)ccc65)c4)nc(-c4ccc(-c5cccc(C#N)c5)c(-n5c6ccc(-c7ccccc7)cc6c6cc(-c7ccccc7)ccc65)c4)n3)cc2)cc1. The van der Waals surface area contributed by atoms with Crippen LogP contribution in [0.5, 0.6) is 0 Å². The van der Waals surface area contributed by atoms with E-state index in [-0.39, 0.29) is 0 Å². The predicted octanol–water partition coefficient (Wildman–Crippen LogP) is 22.4. The van der Waals surface area contributed by atoms with Gasteiger partial charge in [0.15, 0.2) is 17.5 Å². The van der Waals surface area contributed by atoms with Crippen molar-refractivity contribution in [2.75, 3.05) is 0 Å². The van der Waals surface area contributed by atoms with E-state index < -0.39 is 0 Å². The van der Waals surface area contributed by atoms with Crippen molar-refractivity contribution >= 4 is 43.6 Å². The summed E-state index contributed by atoms with van der Waals surface area (Å²) in [5.41, 5.74) is 24.2. The second-order valence-corrected chi connectivity index (χ2v) is 24.5. The largest absolute Gasteiger partial charge is 0.309 e. The van der Waals surface area contributed by atoms with Crippen molar-refractivity contribution < 1.29 is 0 Å². The molecule has 454 valence electrons. The highest BCUT2D eigenvalue weighted by atomic mass is 15.0. The van der Waals surface area contributed by atoms with E-state index in [0.717, 1.165) is 150 Å². The lowest BCUT2D eigenvalue weighted by Crippen LogP contribution is -2.03. The molecule has 14 aromatic carbocycles. The highest BCUT2D eigenvalue weighted by molar-refractivity contribution is 6.14. The molecular weight excluding hydrogens is 1190 g/mol. The Morgan fingerprint density at radius 3 is 0.816 bits per heavy atom. The number of nitrogens with zero attached hydrogens (tertiary/aromatic N) is 8. The van der Waals surface area contributed by atoms with E-state index in [1.165, 1.54) is 0 Å². The van der Waals surface area contributed by atoms with Gasteiger partial charge in [-0.1, -0.05) is 231 Å². The van der Waals surface area contributed by atoms with Gasteiger partial charge >= 0.3 is 0 Å². The summed E-state index contributed by atoms with van der Waals surface area (Å²) in [4.78, 5) is 16.5. The summed E-state index contributed by atoms with van der Waals surface area (Å²) in [6.45, 7) is 0. The summed E-state index contributed by atoms with van der Waals surface area (Å²) in [6.07, 6.45) is 0. The topological polar surface area (TPSA) is 120 Å². The van der Waals surface area contributed by atoms with Crippen LogP contribution in [-0.4, -0.2) is 24.1 Å². The molecule has 17 aromatic rings. The summed E-state index contributed by atoms with van der Waals surface area (Å²) in [5, 5.41) is 34.7. The molecule has 0 radical (unpaired) electrons. The molecule has 0 spiro atoms. The van der Waals surface area contributed by atoms with Crippen LogP contribution in [0.1, 0.15) is 16.7 Å². The molecule has 0 aliphatic carbocycles. The molecule has 3 aromatic heterocycles. The van der Waals surface area contributed by atoms with E-state index in [0.29, 0.717) is 34.2 Å². The third kappa shape index (κ3) is 10.6. The second-order valence-electron chi connectivity index (χ2n) is 24.5. The Kier molecular flexibility index (Phi) is 14.5. The van der Waals surface area contributed by atoms with Crippen molar-refractivity contribution in [1.29, 1.82) is 15.8 Å². The standard InChI is InChI=1S/C90H54N8/c91-55-58-27-29-65(30-28-58)66-31-33-67(34-32-66)88-94-89(74-35-41-76(72-25-13-15-59(47-72)56-92)86(53-74)97-82-43-37-68(61-17-5-1-6-18-61)49-78(82)79-50-69(38-44-83(79)97)62-19-7-2-8-20-62)96-90(95-88)75-36-42-77(73-26-14-16-60(48-73)57-93)87(54-75)98-84-45-39-70(63-21-9-3-10-22-63)51-80(84)81-52-71(40-46-85(81)98)64-23-11-4-12-24-64/h1-54H. The monoisotopic (exact) mass is 1250 g/mol. The van der Waals surface area contributed by atoms with E-state index in [1.807, 2.05) is 97.1 Å². The highest BCUT2D eigenvalue weighted by Crippen LogP contribution is 2.44. The maximum Gasteiger partial charge on any atom is 0.164 e. The van der Waals surface area contributed by atoms with Crippen LogP contribution in [0, 0.1) is 34.0 Å². The Balaban J connectivity index is 0.909. The van der Waals surface area contributed by atoms with Crippen LogP contribution in [-0.2, 0) is 0 Å². The molecule has 8 heteroatoms. The van der Waals surface area contributed by atoms with Gasteiger partial charge in [-0.15, -0.1) is 0 Å². The van der Waals surface area contributed by atoms with Gasteiger partial charge in [-0.05, 0) is 164 Å². The summed E-state index contributed by atoms with van der Waals surface area (Å²) in [5.74, 6) is 1.36. The molecule has 3 heterocycles. The van der Waals surface area contributed by atoms with Crippen molar-refractivity contribution in [3.63, 3.8) is 0 Å². The Morgan fingerprint density at radius 1 is 0.204 bits per heavy atom. The molecule has 98 heavy (non-hydrogen) atoms. The fourth-order valence-corrected chi connectivity index (χ4v) is 13.8. The lowest BCUT2D eigenvalue weighted by Gasteiger charge is -2.18. The van der Waals surface area contributed by atoms with E-state index in [1.54, 1.807) is 0 Å². The van der Waals surface area contributed by atoms with Crippen LogP contribution in [0.2, 0.25) is 0 Å². The molecule has 0 saturated carbocycles. The molecule has 0 atom stereocenters. The zero-order valence-electron chi connectivity index (χ0n) is 52.8. The molecule has 0 saturated heterocycles. The minimum atomic E-state index is 0.448. The Hall–Kier alpha value is -13.8. The number of fused-ring (bicyclic) bond motifs is 6. The molecule has 0 amide bonds. The fraction of sp³-hybridized carbons (Fsp3) is 0. The summed E-state index contributed by atoms with van der Waals surface area (Å²) in [6, 6.07) is 120. The van der Waals surface area contributed by atoms with Gasteiger partial charge < -0.3 is 9.13 Å². The van der Waals surface area contributed by atoms with Crippen molar-refractivity contribution in [3.8, 4) is 142 Å². The maximum absolute atomic E-state index is 10.4. The van der Waals surface area contributed by atoms with Crippen LogP contribution in [0.4, 0.5) is 0 Å². The molecule has 8 nitrogen and oxygen atoms in total. The first-order valence-corrected chi connectivity index (χ1v) is 32.5. The van der Waals surface area contributed by atoms with Crippen LogP contribution >= 0.6 is 0 Å². The van der Waals surface area contributed by atoms with E-state index in [4.69, 9.17) is 15.0 Å². The quantitative estimate of drug-likeness (QED) is 0.120. The van der Waals surface area contributed by atoms with Crippen LogP contribution in [0.3, 0.4) is 0 Å². The minimum Gasteiger partial charge on any atom is -0.309 e. The summed E-state index contributed by atoms with van der Waals surface area (Å²) >= 11 is 0. The maximum atomic E-state index is 10.4. The lowest BCUT2D eigenvalue weighted by molar-refractivity contribution is 1.07. The Morgan fingerprint density at radius 2 is 0.480 bits per heavy atom. The van der Waals surface area contributed by atoms with Gasteiger partial charge in [-0.3, -0.25) is 0 Å². The van der Waals surface area contributed by atoms with E-state index in [9.17, 15) is 15.8 Å². The highest BCUT2D eigenvalue weighted by Gasteiger charge is 2.24. The first-order valence-electron chi connectivity index (χ1n) is 32.5. The predicted molar refractivity (Wildman–Crippen MR) is 397 cm³/mol. The zero-order chi connectivity index (χ0) is 65.6. The number of hydrogen-bond acceptors (Lipinski definition) is 6. The van der Waals surface area contributed by atoms with Gasteiger partial charge in [-0.2, -0.15) is 15.8 Å². The van der Waals surface area contributed by atoms with Gasteiger partial charge in [0, 0.05) is 49.4 Å². The number of nitriles is 3. The summed E-state index contributed by atoms with van der Waals surface area (Å²) < 4.78 is 4.70. The van der Waals surface area contributed by atoms with E-state index in [2.05, 4.69) is 258 Å². The Labute approximate surface area is 566 Å².